The van der Waals surface area contributed by atoms with Crippen molar-refractivity contribution < 1.29 is 9.90 Å². The molecule has 0 N–H and O–H groups in total. The Morgan fingerprint density at radius 3 is 2.20 bits per heavy atom. The fraction of sp³-hybridized carbons (Fsp3) is 0. The van der Waals surface area contributed by atoms with Crippen molar-refractivity contribution in [2.24, 2.45) is 0 Å². The predicted molar refractivity (Wildman–Crippen MR) is 51.8 cm³/mol. The fourth-order valence-electron chi connectivity index (χ4n) is 1.17. The number of carboxylic acid groups (broad SMARTS) is 1. The molecule has 0 spiro atoms. The summed E-state index contributed by atoms with van der Waals surface area (Å²) in [6.45, 7) is 0. The van der Waals surface area contributed by atoms with E-state index in [1.54, 1.807) is 0 Å². The minimum atomic E-state index is -1.27. The molecule has 4 nitrogen and oxygen atoms in total. The summed E-state index contributed by atoms with van der Waals surface area (Å²) in [6, 6.07) is 9.33. The number of aromatic carboxylic acids is 1. The first-order valence-corrected chi connectivity index (χ1v) is 4.36. The van der Waals surface area contributed by atoms with E-state index in [1.165, 1.54) is 12.4 Å². The zero-order chi connectivity index (χ0) is 10.7. The molecule has 0 unspecified atom stereocenters. The van der Waals surface area contributed by atoms with Gasteiger partial charge in [0.2, 0.25) is 0 Å². The number of carbonyl (C=O) groups is 1. The number of hydrogen-bond acceptors (Lipinski definition) is 4. The molecule has 0 saturated heterocycles. The van der Waals surface area contributed by atoms with Crippen molar-refractivity contribution in [3.63, 3.8) is 0 Å². The van der Waals surface area contributed by atoms with Crippen LogP contribution < -0.4 is 5.11 Å². The maximum atomic E-state index is 10.5. The van der Waals surface area contributed by atoms with Gasteiger partial charge in [-0.3, -0.25) is 0 Å². The molecule has 74 valence electrons. The third kappa shape index (κ3) is 1.99. The van der Waals surface area contributed by atoms with Gasteiger partial charge in [0.15, 0.2) is 5.82 Å². The van der Waals surface area contributed by atoms with Gasteiger partial charge >= 0.3 is 0 Å². The number of hydrogen-bond donors (Lipinski definition) is 0. The third-order valence-electron chi connectivity index (χ3n) is 1.92. The maximum absolute atomic E-state index is 10.5. The molecule has 15 heavy (non-hydrogen) atoms. The normalized spacial score (nSPS) is 9.87. The first kappa shape index (κ1) is 9.33. The average Bonchev–Trinajstić information content (AvgIpc) is 2.30. The lowest BCUT2D eigenvalue weighted by molar-refractivity contribution is -0.255. The second kappa shape index (κ2) is 3.88. The molecule has 2 aromatic rings. The van der Waals surface area contributed by atoms with E-state index in [4.69, 9.17) is 0 Å². The van der Waals surface area contributed by atoms with Crippen LogP contribution in [0, 0.1) is 0 Å². The molecule has 0 aliphatic carbocycles. The molecule has 0 aliphatic rings. The molecule has 2 rings (SSSR count). The van der Waals surface area contributed by atoms with Crippen LogP contribution in [0.3, 0.4) is 0 Å². The third-order valence-corrected chi connectivity index (χ3v) is 1.92. The number of rotatable bonds is 2. The average molecular weight is 199 g/mol. The summed E-state index contributed by atoms with van der Waals surface area (Å²) >= 11 is 0. The Balaban J connectivity index is 2.36. The molecule has 0 saturated carbocycles. The van der Waals surface area contributed by atoms with Crippen molar-refractivity contribution in [2.45, 2.75) is 0 Å². The van der Waals surface area contributed by atoms with Crippen LogP contribution in [0.4, 0.5) is 0 Å². The molecule has 0 fully saturated rings. The van der Waals surface area contributed by atoms with E-state index >= 15 is 0 Å². The molecular weight excluding hydrogens is 192 g/mol. The number of carboxylic acids is 1. The molecule has 0 atom stereocenters. The number of benzene rings is 1. The van der Waals surface area contributed by atoms with Gasteiger partial charge in [-0.1, -0.05) is 30.3 Å². The van der Waals surface area contributed by atoms with E-state index in [1.807, 2.05) is 30.3 Å². The van der Waals surface area contributed by atoms with Gasteiger partial charge in [0.05, 0.1) is 5.97 Å². The van der Waals surface area contributed by atoms with Gasteiger partial charge in [0.1, 0.15) is 0 Å². The molecule has 0 bridgehead atoms. The Kier molecular flexibility index (Phi) is 2.41. The van der Waals surface area contributed by atoms with E-state index in [9.17, 15) is 9.90 Å². The van der Waals surface area contributed by atoms with Crippen LogP contribution in [0.2, 0.25) is 0 Å². The van der Waals surface area contributed by atoms with Crippen LogP contribution in [0.1, 0.15) is 10.4 Å². The molecule has 0 amide bonds. The lowest BCUT2D eigenvalue weighted by Gasteiger charge is -2.02. The van der Waals surface area contributed by atoms with Crippen molar-refractivity contribution in [3.05, 3.63) is 48.3 Å². The minimum absolute atomic E-state index is 0.0188. The highest BCUT2D eigenvalue weighted by molar-refractivity contribution is 5.85. The summed E-state index contributed by atoms with van der Waals surface area (Å²) in [6.07, 6.45) is 2.48. The Bertz CT molecular complexity index is 466. The van der Waals surface area contributed by atoms with E-state index in [-0.39, 0.29) is 5.56 Å². The monoisotopic (exact) mass is 199 g/mol. The molecule has 1 heterocycles. The Morgan fingerprint density at radius 1 is 1.07 bits per heavy atom. The van der Waals surface area contributed by atoms with E-state index in [0.29, 0.717) is 5.82 Å². The number of carbonyl (C=O) groups excluding carboxylic acids is 1. The van der Waals surface area contributed by atoms with Crippen LogP contribution >= 0.6 is 0 Å². The summed E-state index contributed by atoms with van der Waals surface area (Å²) in [5, 5.41) is 10.5. The van der Waals surface area contributed by atoms with Crippen molar-refractivity contribution in [1.29, 1.82) is 0 Å². The van der Waals surface area contributed by atoms with Crippen molar-refractivity contribution in [1.82, 2.24) is 9.97 Å². The zero-order valence-corrected chi connectivity index (χ0v) is 7.75. The van der Waals surface area contributed by atoms with Crippen LogP contribution in [0.25, 0.3) is 11.4 Å². The largest absolute Gasteiger partial charge is 0.545 e. The summed E-state index contributed by atoms with van der Waals surface area (Å²) < 4.78 is 0. The lowest BCUT2D eigenvalue weighted by Crippen LogP contribution is -2.22. The van der Waals surface area contributed by atoms with Crippen LogP contribution in [-0.2, 0) is 0 Å². The van der Waals surface area contributed by atoms with Crippen LogP contribution in [-0.4, -0.2) is 15.9 Å². The highest BCUT2D eigenvalue weighted by Gasteiger charge is 2.00. The van der Waals surface area contributed by atoms with Crippen molar-refractivity contribution in [3.8, 4) is 11.4 Å². The topological polar surface area (TPSA) is 65.9 Å². The van der Waals surface area contributed by atoms with Crippen molar-refractivity contribution >= 4 is 5.97 Å². The molecule has 1 aromatic carbocycles. The van der Waals surface area contributed by atoms with Gasteiger partial charge in [0, 0.05) is 23.5 Å². The van der Waals surface area contributed by atoms with Gasteiger partial charge in [-0.05, 0) is 0 Å². The second-order valence-electron chi connectivity index (χ2n) is 2.95. The van der Waals surface area contributed by atoms with E-state index in [0.717, 1.165) is 5.56 Å². The second-order valence-corrected chi connectivity index (χ2v) is 2.95. The van der Waals surface area contributed by atoms with Crippen LogP contribution in [0.15, 0.2) is 42.7 Å². The first-order valence-electron chi connectivity index (χ1n) is 4.36. The Hall–Kier alpha value is -2.23. The predicted octanol–water partition coefficient (Wildman–Crippen LogP) is 0.507. The lowest BCUT2D eigenvalue weighted by atomic mass is 10.2. The summed E-state index contributed by atoms with van der Waals surface area (Å²) in [7, 11) is 0. The SMILES string of the molecule is O=C([O-])c1cnc(-c2ccccc2)nc1. The van der Waals surface area contributed by atoms with Crippen LogP contribution in [0.5, 0.6) is 0 Å². The first-order chi connectivity index (χ1) is 7.27. The molecular formula is C11H7N2O2-. The number of nitrogens with zero attached hydrogens (tertiary/aromatic N) is 2. The smallest absolute Gasteiger partial charge is 0.159 e. The van der Waals surface area contributed by atoms with Gasteiger partial charge < -0.3 is 9.90 Å². The maximum Gasteiger partial charge on any atom is 0.159 e. The standard InChI is InChI=1S/C11H8N2O2/c14-11(15)9-6-12-10(13-7-9)8-4-2-1-3-5-8/h1-7H,(H,14,15)/p-1. The fourth-order valence-corrected chi connectivity index (χ4v) is 1.17. The minimum Gasteiger partial charge on any atom is -0.545 e. The molecule has 0 aliphatic heterocycles. The molecule has 4 heteroatoms. The summed E-state index contributed by atoms with van der Waals surface area (Å²) in [4.78, 5) is 18.3. The zero-order valence-electron chi connectivity index (χ0n) is 7.75. The Labute approximate surface area is 86.2 Å². The number of aromatic nitrogens is 2. The highest BCUT2D eigenvalue weighted by atomic mass is 16.4. The van der Waals surface area contributed by atoms with E-state index < -0.39 is 5.97 Å². The quantitative estimate of drug-likeness (QED) is 0.706. The van der Waals surface area contributed by atoms with Gasteiger partial charge in [-0.15, -0.1) is 0 Å². The van der Waals surface area contributed by atoms with Gasteiger partial charge in [-0.25, -0.2) is 9.97 Å². The van der Waals surface area contributed by atoms with E-state index in [2.05, 4.69) is 9.97 Å². The Morgan fingerprint density at radius 2 is 1.67 bits per heavy atom. The summed E-state index contributed by atoms with van der Waals surface area (Å²) in [5.41, 5.74) is 0.831. The van der Waals surface area contributed by atoms with Gasteiger partial charge in [-0.2, -0.15) is 0 Å². The highest BCUT2D eigenvalue weighted by Crippen LogP contribution is 2.12. The molecule has 0 radical (unpaired) electrons. The van der Waals surface area contributed by atoms with Crippen molar-refractivity contribution in [2.75, 3.05) is 0 Å². The summed E-state index contributed by atoms with van der Waals surface area (Å²) in [5.74, 6) is -0.768. The molecule has 1 aromatic heterocycles. The van der Waals surface area contributed by atoms with Gasteiger partial charge in [0.25, 0.3) is 0 Å².